The van der Waals surface area contributed by atoms with Crippen molar-refractivity contribution < 1.29 is 18.0 Å². The van der Waals surface area contributed by atoms with E-state index in [1.54, 1.807) is 31.3 Å². The van der Waals surface area contributed by atoms with Gasteiger partial charge in [-0.3, -0.25) is 4.79 Å². The third-order valence-corrected chi connectivity index (χ3v) is 5.73. The van der Waals surface area contributed by atoms with Crippen LogP contribution < -0.4 is 5.32 Å². The van der Waals surface area contributed by atoms with E-state index >= 15 is 0 Å². The Morgan fingerprint density at radius 2 is 2.00 bits per heavy atom. The average Bonchev–Trinajstić information content (AvgIpc) is 3.31. The lowest BCUT2D eigenvalue weighted by molar-refractivity contribution is -0.118. The first-order valence-corrected chi connectivity index (χ1v) is 10.1. The van der Waals surface area contributed by atoms with Gasteiger partial charge in [0.05, 0.1) is 23.7 Å². The number of carbonyl (C=O) groups is 1. The van der Waals surface area contributed by atoms with Gasteiger partial charge in [0.2, 0.25) is 17.7 Å². The number of hydrogen-bond acceptors (Lipinski definition) is 4. The Morgan fingerprint density at radius 1 is 1.26 bits per heavy atom. The molecule has 0 unspecified atom stereocenters. The first-order valence-electron chi connectivity index (χ1n) is 9.70. The molecule has 4 rings (SSSR count). The first-order chi connectivity index (χ1) is 14.7. The maximum absolute atomic E-state index is 14.3. The van der Waals surface area contributed by atoms with Gasteiger partial charge in [-0.1, -0.05) is 41.9 Å². The second-order valence-corrected chi connectivity index (χ2v) is 8.06. The SMILES string of the molecule is Cn1nnc(-c2ccc([C@@H](C(=O)Nc3cccc(Cl)c3F)[C@H]3CCC(F)(F)C3)cc2)n1. The van der Waals surface area contributed by atoms with E-state index in [1.807, 2.05) is 0 Å². The van der Waals surface area contributed by atoms with Gasteiger partial charge in [-0.05, 0) is 35.2 Å². The van der Waals surface area contributed by atoms with Crippen LogP contribution in [0.5, 0.6) is 0 Å². The van der Waals surface area contributed by atoms with Crippen LogP contribution in [0.1, 0.15) is 30.7 Å². The number of alkyl halides is 2. The van der Waals surface area contributed by atoms with E-state index < -0.39 is 35.9 Å². The molecule has 1 fully saturated rings. The summed E-state index contributed by atoms with van der Waals surface area (Å²) >= 11 is 5.79. The number of rotatable bonds is 5. The largest absolute Gasteiger partial charge is 0.323 e. The van der Waals surface area contributed by atoms with Gasteiger partial charge in [0.25, 0.3) is 0 Å². The Bertz CT molecular complexity index is 1100. The number of benzene rings is 2. The molecule has 0 aliphatic heterocycles. The molecule has 10 heteroatoms. The zero-order valence-corrected chi connectivity index (χ0v) is 17.3. The van der Waals surface area contributed by atoms with E-state index in [9.17, 15) is 18.0 Å². The van der Waals surface area contributed by atoms with Crippen LogP contribution in [-0.4, -0.2) is 32.0 Å². The molecule has 0 radical (unpaired) electrons. The van der Waals surface area contributed by atoms with E-state index in [1.165, 1.54) is 23.0 Å². The molecule has 0 bridgehead atoms. The highest BCUT2D eigenvalue weighted by molar-refractivity contribution is 6.31. The van der Waals surface area contributed by atoms with Crippen LogP contribution in [0.4, 0.5) is 18.9 Å². The fourth-order valence-electron chi connectivity index (χ4n) is 3.96. The molecule has 1 aliphatic carbocycles. The van der Waals surface area contributed by atoms with Gasteiger partial charge in [0, 0.05) is 18.4 Å². The summed E-state index contributed by atoms with van der Waals surface area (Å²) in [6.07, 6.45) is -0.498. The molecule has 0 spiro atoms. The highest BCUT2D eigenvalue weighted by atomic mass is 35.5. The molecule has 1 N–H and O–H groups in total. The van der Waals surface area contributed by atoms with Gasteiger partial charge in [-0.15, -0.1) is 10.2 Å². The molecule has 1 amide bonds. The van der Waals surface area contributed by atoms with Gasteiger partial charge in [0.15, 0.2) is 5.82 Å². The van der Waals surface area contributed by atoms with E-state index in [-0.39, 0.29) is 23.6 Å². The van der Waals surface area contributed by atoms with Crippen molar-refractivity contribution in [3.8, 4) is 11.4 Å². The van der Waals surface area contributed by atoms with Crippen LogP contribution >= 0.6 is 11.6 Å². The lowest BCUT2D eigenvalue weighted by Crippen LogP contribution is -2.28. The average molecular weight is 450 g/mol. The minimum absolute atomic E-state index is 0.0902. The minimum atomic E-state index is -2.83. The highest BCUT2D eigenvalue weighted by Crippen LogP contribution is 2.46. The summed E-state index contributed by atoms with van der Waals surface area (Å²) < 4.78 is 42.1. The van der Waals surface area contributed by atoms with Crippen LogP contribution in [-0.2, 0) is 11.8 Å². The summed E-state index contributed by atoms with van der Waals surface area (Å²) in [5, 5.41) is 14.2. The van der Waals surface area contributed by atoms with E-state index in [4.69, 9.17) is 11.6 Å². The summed E-state index contributed by atoms with van der Waals surface area (Å²) in [7, 11) is 1.64. The number of aryl methyl sites for hydroxylation is 1. The fraction of sp³-hybridized carbons (Fsp3) is 0.333. The van der Waals surface area contributed by atoms with Crippen LogP contribution in [0.2, 0.25) is 5.02 Å². The van der Waals surface area contributed by atoms with E-state index in [2.05, 4.69) is 20.7 Å². The van der Waals surface area contributed by atoms with Gasteiger partial charge in [-0.2, -0.15) is 4.80 Å². The van der Waals surface area contributed by atoms with Crippen molar-refractivity contribution in [3.05, 3.63) is 58.9 Å². The van der Waals surface area contributed by atoms with Crippen molar-refractivity contribution in [3.63, 3.8) is 0 Å². The third kappa shape index (κ3) is 4.56. The number of halogens is 4. The van der Waals surface area contributed by atoms with Crippen molar-refractivity contribution in [1.29, 1.82) is 0 Å². The van der Waals surface area contributed by atoms with Gasteiger partial charge in [-0.25, -0.2) is 13.2 Å². The Hall–Kier alpha value is -2.94. The molecular formula is C21H19ClF3N5O. The molecule has 1 heterocycles. The molecule has 31 heavy (non-hydrogen) atoms. The van der Waals surface area contributed by atoms with Gasteiger partial charge >= 0.3 is 0 Å². The zero-order chi connectivity index (χ0) is 22.2. The fourth-order valence-corrected chi connectivity index (χ4v) is 4.13. The van der Waals surface area contributed by atoms with Gasteiger partial charge in [0.1, 0.15) is 0 Å². The number of carbonyl (C=O) groups excluding carboxylic acids is 1. The topological polar surface area (TPSA) is 72.7 Å². The molecule has 2 aromatic carbocycles. The molecule has 2 atom stereocenters. The molecular weight excluding hydrogens is 431 g/mol. The Morgan fingerprint density at radius 3 is 2.61 bits per heavy atom. The molecule has 1 saturated carbocycles. The van der Waals surface area contributed by atoms with Gasteiger partial charge < -0.3 is 5.32 Å². The summed E-state index contributed by atoms with van der Waals surface area (Å²) in [4.78, 5) is 14.4. The lowest BCUT2D eigenvalue weighted by Gasteiger charge is -2.24. The van der Waals surface area contributed by atoms with Crippen molar-refractivity contribution in [2.24, 2.45) is 13.0 Å². The van der Waals surface area contributed by atoms with Crippen molar-refractivity contribution in [2.45, 2.75) is 31.1 Å². The second kappa shape index (κ2) is 8.30. The molecule has 3 aromatic rings. The minimum Gasteiger partial charge on any atom is -0.323 e. The quantitative estimate of drug-likeness (QED) is 0.605. The highest BCUT2D eigenvalue weighted by Gasteiger charge is 2.45. The summed E-state index contributed by atoms with van der Waals surface area (Å²) in [5.74, 6) is -5.21. The third-order valence-electron chi connectivity index (χ3n) is 5.44. The van der Waals surface area contributed by atoms with Crippen molar-refractivity contribution in [1.82, 2.24) is 20.2 Å². The molecule has 1 aromatic heterocycles. The lowest BCUT2D eigenvalue weighted by atomic mass is 9.83. The summed E-state index contributed by atoms with van der Waals surface area (Å²) in [6, 6.07) is 11.0. The Kier molecular flexibility index (Phi) is 5.70. The molecule has 162 valence electrons. The molecule has 6 nitrogen and oxygen atoms in total. The van der Waals surface area contributed by atoms with Crippen LogP contribution in [0.3, 0.4) is 0 Å². The van der Waals surface area contributed by atoms with E-state index in [0.29, 0.717) is 17.0 Å². The smallest absolute Gasteiger partial charge is 0.248 e. The van der Waals surface area contributed by atoms with Crippen LogP contribution in [0, 0.1) is 11.7 Å². The zero-order valence-electron chi connectivity index (χ0n) is 16.5. The number of nitrogens with one attached hydrogen (secondary N) is 1. The summed E-state index contributed by atoms with van der Waals surface area (Å²) in [5.41, 5.74) is 1.14. The van der Waals surface area contributed by atoms with Crippen LogP contribution in [0.15, 0.2) is 42.5 Å². The normalized spacial score (nSPS) is 18.7. The standard InChI is InChI=1S/C21H19ClF3N5O/c1-30-28-19(27-29-30)13-7-5-12(6-8-13)17(14-9-10-21(24,25)11-14)20(31)26-16-4-2-3-15(22)18(16)23/h2-8,14,17H,9-11H2,1H3,(H,26,31)/t14-,17+/m0/s1. The second-order valence-electron chi connectivity index (χ2n) is 7.65. The monoisotopic (exact) mass is 449 g/mol. The molecule has 0 saturated heterocycles. The Labute approximate surface area is 181 Å². The van der Waals surface area contributed by atoms with Crippen molar-refractivity contribution in [2.75, 3.05) is 5.32 Å². The number of aromatic nitrogens is 4. The first kappa shape index (κ1) is 21.3. The number of tetrazole rings is 1. The number of hydrogen-bond donors (Lipinski definition) is 1. The van der Waals surface area contributed by atoms with Crippen molar-refractivity contribution >= 4 is 23.2 Å². The predicted octanol–water partition coefficient (Wildman–Crippen LogP) is 4.83. The maximum Gasteiger partial charge on any atom is 0.248 e. The Balaban J connectivity index is 1.64. The predicted molar refractivity (Wildman–Crippen MR) is 109 cm³/mol. The number of nitrogens with zero attached hydrogens (tertiary/aromatic N) is 4. The van der Waals surface area contributed by atoms with E-state index in [0.717, 1.165) is 0 Å². The number of amides is 1. The van der Waals surface area contributed by atoms with Crippen LogP contribution in [0.25, 0.3) is 11.4 Å². The number of anilines is 1. The summed E-state index contributed by atoms with van der Waals surface area (Å²) in [6.45, 7) is 0. The molecule has 1 aliphatic rings. The maximum atomic E-state index is 14.3.